The minimum Gasteiger partial charge on any atom is -0.465 e. The smallest absolute Gasteiger partial charge is 0.411 e. The molecule has 2 amide bonds. The molecule has 0 aliphatic rings. The van der Waals surface area contributed by atoms with Gasteiger partial charge in [-0.1, -0.05) is 36.4 Å². The number of amides is 2. The summed E-state index contributed by atoms with van der Waals surface area (Å²) in [6, 6.07) is 20.4. The van der Waals surface area contributed by atoms with Gasteiger partial charge < -0.3 is 10.1 Å². The highest BCUT2D eigenvalue weighted by atomic mass is 16.4. The highest BCUT2D eigenvalue weighted by molar-refractivity contribution is 6.16. The topological polar surface area (TPSA) is 136 Å². The Kier molecular flexibility index (Phi) is 5.31. The number of ketones is 1. The molecule has 0 aliphatic carbocycles. The molecule has 0 saturated carbocycles. The van der Waals surface area contributed by atoms with Gasteiger partial charge in [-0.2, -0.15) is 0 Å². The summed E-state index contributed by atoms with van der Waals surface area (Å²) in [4.78, 5) is 43.5. The third-order valence-electron chi connectivity index (χ3n) is 4.48. The number of para-hydroxylation sites is 1. The van der Waals surface area contributed by atoms with Gasteiger partial charge in [-0.25, -0.2) is 9.78 Å². The number of carbonyl (C=O) groups is 3. The molecule has 9 nitrogen and oxygen atoms in total. The maximum atomic E-state index is 13.1. The average Bonchev–Trinajstić information content (AvgIpc) is 3.18. The van der Waals surface area contributed by atoms with Crippen LogP contribution in [0.3, 0.4) is 0 Å². The number of fused-ring (bicyclic) bond motifs is 1. The van der Waals surface area contributed by atoms with Crippen LogP contribution in [0.2, 0.25) is 0 Å². The molecule has 1 heterocycles. The van der Waals surface area contributed by atoms with Gasteiger partial charge in [-0.15, -0.1) is 0 Å². The van der Waals surface area contributed by atoms with Crippen LogP contribution in [-0.4, -0.2) is 32.9 Å². The molecule has 0 bridgehead atoms. The third-order valence-corrected chi connectivity index (χ3v) is 4.48. The van der Waals surface area contributed by atoms with E-state index < -0.39 is 12.0 Å². The third kappa shape index (κ3) is 4.35. The van der Waals surface area contributed by atoms with Crippen molar-refractivity contribution in [2.45, 2.75) is 0 Å². The Balaban J connectivity index is 1.58. The minimum absolute atomic E-state index is 0.0545. The van der Waals surface area contributed by atoms with Crippen LogP contribution in [0.1, 0.15) is 26.3 Å². The van der Waals surface area contributed by atoms with Gasteiger partial charge in [0.1, 0.15) is 0 Å². The first-order valence-electron chi connectivity index (χ1n) is 9.26. The van der Waals surface area contributed by atoms with Crippen LogP contribution in [0.15, 0.2) is 72.8 Å². The van der Waals surface area contributed by atoms with Crippen molar-refractivity contribution in [1.29, 1.82) is 0 Å². The number of aromatic nitrogens is 2. The summed E-state index contributed by atoms with van der Waals surface area (Å²) in [5.74, 6) is -0.761. The molecule has 0 radical (unpaired) electrons. The zero-order chi connectivity index (χ0) is 21.8. The number of imidazole rings is 1. The van der Waals surface area contributed by atoms with Gasteiger partial charge in [-0.05, 0) is 36.4 Å². The lowest BCUT2D eigenvalue weighted by molar-refractivity contribution is 0.0950. The number of rotatable bonds is 6. The van der Waals surface area contributed by atoms with Gasteiger partial charge in [0.05, 0.1) is 22.3 Å². The van der Waals surface area contributed by atoms with Gasteiger partial charge in [0.25, 0.3) is 5.91 Å². The summed E-state index contributed by atoms with van der Waals surface area (Å²) < 4.78 is 0. The molecule has 4 rings (SSSR count). The number of hydrogen-bond donors (Lipinski definition) is 5. The first kappa shape index (κ1) is 19.6. The number of aromatic amines is 1. The van der Waals surface area contributed by atoms with Crippen LogP contribution in [0.5, 0.6) is 0 Å². The predicted octanol–water partition coefficient (Wildman–Crippen LogP) is 3.64. The maximum Gasteiger partial charge on any atom is 0.411 e. The van der Waals surface area contributed by atoms with E-state index >= 15 is 0 Å². The summed E-state index contributed by atoms with van der Waals surface area (Å²) in [7, 11) is 0. The van der Waals surface area contributed by atoms with Crippen LogP contribution >= 0.6 is 0 Å². The number of H-pyrrole nitrogens is 1. The fourth-order valence-corrected chi connectivity index (χ4v) is 3.06. The highest BCUT2D eigenvalue weighted by Crippen LogP contribution is 2.20. The van der Waals surface area contributed by atoms with E-state index in [1.165, 1.54) is 6.07 Å². The van der Waals surface area contributed by atoms with Crippen molar-refractivity contribution in [3.63, 3.8) is 0 Å². The van der Waals surface area contributed by atoms with Crippen molar-refractivity contribution >= 4 is 40.5 Å². The van der Waals surface area contributed by atoms with Gasteiger partial charge >= 0.3 is 6.09 Å². The summed E-state index contributed by atoms with van der Waals surface area (Å²) in [6.45, 7) is 0. The van der Waals surface area contributed by atoms with E-state index in [0.29, 0.717) is 22.3 Å². The molecule has 0 fully saturated rings. The Labute approximate surface area is 176 Å². The molecule has 154 valence electrons. The zero-order valence-corrected chi connectivity index (χ0v) is 16.0. The minimum atomic E-state index is -1.25. The fraction of sp³-hybridized carbons (Fsp3) is 0. The number of carbonyl (C=O) groups excluding carboxylic acids is 2. The van der Waals surface area contributed by atoms with E-state index in [4.69, 9.17) is 5.11 Å². The molecule has 4 aromatic rings. The second-order valence-electron chi connectivity index (χ2n) is 6.57. The van der Waals surface area contributed by atoms with E-state index in [1.54, 1.807) is 48.5 Å². The highest BCUT2D eigenvalue weighted by Gasteiger charge is 2.19. The molecule has 1 aromatic heterocycles. The summed E-state index contributed by atoms with van der Waals surface area (Å²) in [6.07, 6.45) is -1.25. The first-order chi connectivity index (χ1) is 15.0. The number of nitrogens with one attached hydrogen (secondary N) is 4. The number of hydrazine groups is 1. The second kappa shape index (κ2) is 8.37. The molecule has 0 saturated heterocycles. The van der Waals surface area contributed by atoms with Crippen molar-refractivity contribution in [3.8, 4) is 0 Å². The molecule has 3 aromatic carbocycles. The molecular weight excluding hydrogens is 398 g/mol. The van der Waals surface area contributed by atoms with Gasteiger partial charge in [0.2, 0.25) is 5.95 Å². The summed E-state index contributed by atoms with van der Waals surface area (Å²) >= 11 is 0. The van der Waals surface area contributed by atoms with Crippen LogP contribution < -0.4 is 16.2 Å². The standard InChI is InChI=1S/C22H17N5O4/c28-19(13-10-11-17-18(12-13)24-21(23-17)25-22(30)31)15-8-4-5-9-16(15)20(29)27-26-14-6-2-1-3-7-14/h1-12,26H,(H,27,29)(H,30,31)(H2,23,24,25). The van der Waals surface area contributed by atoms with Crippen LogP contribution in [0.25, 0.3) is 11.0 Å². The quantitative estimate of drug-likeness (QED) is 0.241. The Morgan fingerprint density at radius 3 is 2.32 bits per heavy atom. The van der Waals surface area contributed by atoms with E-state index in [-0.39, 0.29) is 22.9 Å². The molecule has 0 spiro atoms. The first-order valence-corrected chi connectivity index (χ1v) is 9.26. The number of hydrogen-bond acceptors (Lipinski definition) is 5. The Morgan fingerprint density at radius 2 is 1.58 bits per heavy atom. The largest absolute Gasteiger partial charge is 0.465 e. The maximum absolute atomic E-state index is 13.1. The molecule has 5 N–H and O–H groups in total. The van der Waals surface area contributed by atoms with Gasteiger partial charge in [-0.3, -0.25) is 25.8 Å². The average molecular weight is 415 g/mol. The van der Waals surface area contributed by atoms with Crippen LogP contribution in [0.4, 0.5) is 16.4 Å². The Bertz CT molecular complexity index is 1280. The van der Waals surface area contributed by atoms with E-state index in [9.17, 15) is 14.4 Å². The van der Waals surface area contributed by atoms with Gasteiger partial charge in [0, 0.05) is 11.1 Å². The molecule has 0 atom stereocenters. The Morgan fingerprint density at radius 1 is 0.871 bits per heavy atom. The fourth-order valence-electron chi connectivity index (χ4n) is 3.06. The SMILES string of the molecule is O=C(O)Nc1nc2cc(C(=O)c3ccccc3C(=O)NNc3ccccc3)ccc2[nH]1. The summed E-state index contributed by atoms with van der Waals surface area (Å²) in [5, 5.41) is 10.9. The van der Waals surface area contributed by atoms with Gasteiger partial charge in [0.15, 0.2) is 5.78 Å². The van der Waals surface area contributed by atoms with E-state index in [0.717, 1.165) is 0 Å². The Hall–Kier alpha value is -4.66. The zero-order valence-electron chi connectivity index (χ0n) is 16.0. The lowest BCUT2D eigenvalue weighted by atomic mass is 9.97. The van der Waals surface area contributed by atoms with E-state index in [2.05, 4.69) is 26.1 Å². The number of benzene rings is 3. The van der Waals surface area contributed by atoms with Crippen LogP contribution in [-0.2, 0) is 0 Å². The van der Waals surface area contributed by atoms with Crippen molar-refractivity contribution in [2.75, 3.05) is 10.7 Å². The monoisotopic (exact) mass is 415 g/mol. The molecule has 0 aliphatic heterocycles. The van der Waals surface area contributed by atoms with Crippen molar-refractivity contribution in [3.05, 3.63) is 89.5 Å². The van der Waals surface area contributed by atoms with Crippen molar-refractivity contribution < 1.29 is 19.5 Å². The number of carboxylic acid groups (broad SMARTS) is 1. The summed E-state index contributed by atoms with van der Waals surface area (Å²) in [5.41, 5.74) is 7.85. The predicted molar refractivity (Wildman–Crippen MR) is 115 cm³/mol. The molecule has 31 heavy (non-hydrogen) atoms. The molecule has 0 unspecified atom stereocenters. The molecular formula is C22H17N5O4. The normalized spacial score (nSPS) is 10.5. The van der Waals surface area contributed by atoms with Crippen LogP contribution in [0, 0.1) is 0 Å². The second-order valence-corrected chi connectivity index (χ2v) is 6.57. The lowest BCUT2D eigenvalue weighted by Gasteiger charge is -2.11. The molecule has 9 heteroatoms. The lowest BCUT2D eigenvalue weighted by Crippen LogP contribution is -2.30. The van der Waals surface area contributed by atoms with Crippen molar-refractivity contribution in [2.24, 2.45) is 0 Å². The van der Waals surface area contributed by atoms with E-state index in [1.807, 2.05) is 18.2 Å². The van der Waals surface area contributed by atoms with Crippen molar-refractivity contribution in [1.82, 2.24) is 15.4 Å². The number of anilines is 2. The number of nitrogens with zero attached hydrogens (tertiary/aromatic N) is 1.